The smallest absolute Gasteiger partial charge is 0.414 e. The number of aromatic nitrogens is 1. The highest BCUT2D eigenvalue weighted by molar-refractivity contribution is 7.18. The van der Waals surface area contributed by atoms with Crippen molar-refractivity contribution in [2.75, 3.05) is 25.0 Å². The highest BCUT2D eigenvalue weighted by atomic mass is 35.5. The molecule has 0 saturated carbocycles. The van der Waals surface area contributed by atoms with Crippen LogP contribution in [0, 0.1) is 0 Å². The molecule has 10 heteroatoms. The lowest BCUT2D eigenvalue weighted by atomic mass is 10.2. The highest BCUT2D eigenvalue weighted by Crippen LogP contribution is 2.24. The molecule has 2 N–H and O–H groups in total. The van der Waals surface area contributed by atoms with Crippen molar-refractivity contribution in [2.45, 2.75) is 6.10 Å². The molecule has 4 rings (SSSR count). The Hall–Kier alpha value is -3.30. The van der Waals surface area contributed by atoms with Crippen LogP contribution < -0.4 is 15.5 Å². The first-order valence-corrected chi connectivity index (χ1v) is 10.7. The minimum Gasteiger partial charge on any atom is -0.442 e. The molecule has 3 heterocycles. The Kier molecular flexibility index (Phi) is 5.97. The number of hydrogen-bond donors (Lipinski definition) is 2. The fraction of sp³-hybridized carbons (Fsp3) is 0.190. The van der Waals surface area contributed by atoms with Crippen molar-refractivity contribution in [1.82, 2.24) is 15.2 Å². The first kappa shape index (κ1) is 21.0. The summed E-state index contributed by atoms with van der Waals surface area (Å²) in [5.41, 5.74) is 1.97. The number of ether oxygens (including phenoxy) is 1. The van der Waals surface area contributed by atoms with Crippen molar-refractivity contribution in [3.8, 4) is 5.69 Å². The van der Waals surface area contributed by atoms with Crippen molar-refractivity contribution in [3.05, 3.63) is 69.6 Å². The molecule has 8 nitrogen and oxygen atoms in total. The quantitative estimate of drug-likeness (QED) is 0.592. The van der Waals surface area contributed by atoms with Gasteiger partial charge in [-0.25, -0.2) is 4.79 Å². The first-order chi connectivity index (χ1) is 15.0. The summed E-state index contributed by atoms with van der Waals surface area (Å²) in [6.45, 7) is 0.518. The summed E-state index contributed by atoms with van der Waals surface area (Å²) < 4.78 is 7.68. The van der Waals surface area contributed by atoms with Crippen LogP contribution in [0.4, 0.5) is 10.5 Å². The number of nitrogens with one attached hydrogen (secondary N) is 2. The van der Waals surface area contributed by atoms with Gasteiger partial charge in [0.1, 0.15) is 11.8 Å². The van der Waals surface area contributed by atoms with Crippen LogP contribution >= 0.6 is 22.9 Å². The fourth-order valence-corrected chi connectivity index (χ4v) is 4.24. The first-order valence-electron chi connectivity index (χ1n) is 9.48. The maximum Gasteiger partial charge on any atom is 0.414 e. The second-order valence-electron chi connectivity index (χ2n) is 6.79. The van der Waals surface area contributed by atoms with Gasteiger partial charge in [0.2, 0.25) is 0 Å². The number of carbonyl (C=O) groups is 3. The van der Waals surface area contributed by atoms with Gasteiger partial charge >= 0.3 is 6.09 Å². The van der Waals surface area contributed by atoms with E-state index in [2.05, 4.69) is 10.6 Å². The lowest BCUT2D eigenvalue weighted by molar-refractivity contribution is 0.0919. The average Bonchev–Trinajstić information content (AvgIpc) is 3.51. The predicted octanol–water partition coefficient (Wildman–Crippen LogP) is 3.31. The molecule has 2 aromatic heterocycles. The molecule has 0 bridgehead atoms. The summed E-state index contributed by atoms with van der Waals surface area (Å²) in [6, 6.07) is 14.1. The van der Waals surface area contributed by atoms with Crippen LogP contribution in [-0.2, 0) is 4.74 Å². The van der Waals surface area contributed by atoms with Gasteiger partial charge in [0.25, 0.3) is 11.8 Å². The third-order valence-corrected chi connectivity index (χ3v) is 6.04. The molecular weight excluding hydrogens is 440 g/mol. The lowest BCUT2D eigenvalue weighted by Crippen LogP contribution is -2.34. The Morgan fingerprint density at radius 1 is 1.13 bits per heavy atom. The van der Waals surface area contributed by atoms with Gasteiger partial charge in [-0.2, -0.15) is 0 Å². The van der Waals surface area contributed by atoms with Gasteiger partial charge in [0, 0.05) is 24.6 Å². The van der Waals surface area contributed by atoms with Gasteiger partial charge in [0.15, 0.2) is 0 Å². The van der Waals surface area contributed by atoms with Gasteiger partial charge in [-0.15, -0.1) is 11.3 Å². The predicted molar refractivity (Wildman–Crippen MR) is 118 cm³/mol. The number of hydrogen-bond acceptors (Lipinski definition) is 5. The zero-order valence-corrected chi connectivity index (χ0v) is 18.1. The number of benzene rings is 1. The van der Waals surface area contributed by atoms with E-state index in [0.29, 0.717) is 27.1 Å². The number of anilines is 1. The number of amides is 3. The van der Waals surface area contributed by atoms with Gasteiger partial charge in [0.05, 0.1) is 22.3 Å². The zero-order chi connectivity index (χ0) is 22.0. The van der Waals surface area contributed by atoms with E-state index in [1.165, 1.54) is 16.2 Å². The molecule has 1 saturated heterocycles. The second-order valence-corrected chi connectivity index (χ2v) is 8.50. The second kappa shape index (κ2) is 8.83. The largest absolute Gasteiger partial charge is 0.442 e. The number of halogens is 1. The molecule has 3 aromatic rings. The number of nitrogens with zero attached hydrogens (tertiary/aromatic N) is 2. The number of carbonyl (C=O) groups excluding carboxylic acids is 3. The standard InChI is InChI=1S/C21H19ClN4O4S/c1-23-19(27)16-3-2-10-25(16)13-4-6-14(7-5-13)26-12-15(30-21(26)29)11-24-20(28)17-8-9-18(22)31-17/h2-10,15H,11-12H2,1H3,(H,23,27)(H,24,28)/t15-/m0/s1. The minimum atomic E-state index is -0.474. The molecule has 1 aliphatic heterocycles. The molecule has 0 radical (unpaired) electrons. The van der Waals surface area contributed by atoms with Gasteiger partial charge in [-0.05, 0) is 48.5 Å². The average molecular weight is 459 g/mol. The summed E-state index contributed by atoms with van der Waals surface area (Å²) in [4.78, 5) is 38.5. The maximum absolute atomic E-state index is 12.3. The lowest BCUT2D eigenvalue weighted by Gasteiger charge is -2.15. The Labute approximate surface area is 187 Å². The van der Waals surface area contributed by atoms with E-state index < -0.39 is 12.2 Å². The summed E-state index contributed by atoms with van der Waals surface area (Å²) in [6.07, 6.45) is 0.859. The fourth-order valence-electron chi connectivity index (χ4n) is 3.28. The summed E-state index contributed by atoms with van der Waals surface area (Å²) in [7, 11) is 1.58. The number of rotatable bonds is 6. The molecule has 31 heavy (non-hydrogen) atoms. The van der Waals surface area contributed by atoms with Crippen LogP contribution in [0.5, 0.6) is 0 Å². The van der Waals surface area contributed by atoms with Crippen LogP contribution in [-0.4, -0.2) is 48.7 Å². The van der Waals surface area contributed by atoms with Gasteiger partial charge in [-0.1, -0.05) is 11.6 Å². The molecular formula is C21H19ClN4O4S. The normalized spacial score (nSPS) is 15.6. The monoisotopic (exact) mass is 458 g/mol. The molecule has 1 aliphatic rings. The van der Waals surface area contributed by atoms with Crippen LogP contribution in [0.2, 0.25) is 4.34 Å². The molecule has 1 fully saturated rings. The summed E-state index contributed by atoms with van der Waals surface area (Å²) in [5, 5.41) is 5.38. The van der Waals surface area contributed by atoms with Crippen LogP contribution in [0.15, 0.2) is 54.7 Å². The maximum atomic E-state index is 12.3. The van der Waals surface area contributed by atoms with Crippen molar-refractivity contribution in [2.24, 2.45) is 0 Å². The minimum absolute atomic E-state index is 0.188. The molecule has 1 aromatic carbocycles. The SMILES string of the molecule is CNC(=O)c1cccn1-c1ccc(N2C[C@H](CNC(=O)c3ccc(Cl)s3)OC2=O)cc1. The van der Waals surface area contributed by atoms with E-state index in [-0.39, 0.29) is 18.4 Å². The van der Waals surface area contributed by atoms with Crippen molar-refractivity contribution in [3.63, 3.8) is 0 Å². The van der Waals surface area contributed by atoms with Crippen LogP contribution in [0.3, 0.4) is 0 Å². The molecule has 1 atom stereocenters. The van der Waals surface area contributed by atoms with E-state index >= 15 is 0 Å². The summed E-state index contributed by atoms with van der Waals surface area (Å²) in [5.74, 6) is -0.443. The molecule has 160 valence electrons. The topological polar surface area (TPSA) is 92.7 Å². The molecule has 0 aliphatic carbocycles. The van der Waals surface area contributed by atoms with Crippen molar-refractivity contribution >= 4 is 46.5 Å². The Bertz CT molecular complexity index is 1120. The Balaban J connectivity index is 1.40. The summed E-state index contributed by atoms with van der Waals surface area (Å²) >= 11 is 7.04. The Morgan fingerprint density at radius 2 is 1.87 bits per heavy atom. The van der Waals surface area contributed by atoms with E-state index in [1.807, 2.05) is 12.1 Å². The number of thiophene rings is 1. The van der Waals surface area contributed by atoms with Gasteiger partial charge in [-0.3, -0.25) is 14.5 Å². The van der Waals surface area contributed by atoms with E-state index in [0.717, 1.165) is 5.69 Å². The van der Waals surface area contributed by atoms with Crippen LogP contribution in [0.25, 0.3) is 5.69 Å². The van der Waals surface area contributed by atoms with Gasteiger partial charge < -0.3 is 19.9 Å². The third-order valence-electron chi connectivity index (χ3n) is 4.81. The van der Waals surface area contributed by atoms with Crippen LogP contribution in [0.1, 0.15) is 20.2 Å². The third kappa shape index (κ3) is 4.42. The highest BCUT2D eigenvalue weighted by Gasteiger charge is 2.32. The Morgan fingerprint density at radius 3 is 2.55 bits per heavy atom. The van der Waals surface area contributed by atoms with Crippen molar-refractivity contribution < 1.29 is 19.1 Å². The number of cyclic esters (lactones) is 1. The van der Waals surface area contributed by atoms with Crippen molar-refractivity contribution in [1.29, 1.82) is 0 Å². The van der Waals surface area contributed by atoms with E-state index in [9.17, 15) is 14.4 Å². The van der Waals surface area contributed by atoms with E-state index in [4.69, 9.17) is 16.3 Å². The molecule has 0 spiro atoms. The zero-order valence-electron chi connectivity index (χ0n) is 16.5. The molecule has 0 unspecified atom stereocenters. The molecule has 3 amide bonds. The van der Waals surface area contributed by atoms with E-state index in [1.54, 1.807) is 54.2 Å².